The highest BCUT2D eigenvalue weighted by atomic mass is 16.3. The predicted molar refractivity (Wildman–Crippen MR) is 108 cm³/mol. The average molecular weight is 393 g/mol. The van der Waals surface area contributed by atoms with Gasteiger partial charge in [0.15, 0.2) is 11.4 Å². The van der Waals surface area contributed by atoms with Crippen LogP contribution in [0.4, 0.5) is 0 Å². The number of carbonyl (C=O) groups is 1. The normalized spacial score (nSPS) is 12.6. The Morgan fingerprint density at radius 3 is 2.66 bits per heavy atom. The molecule has 0 aliphatic heterocycles. The molecule has 0 aliphatic rings. The zero-order valence-electron chi connectivity index (χ0n) is 16.8. The molecule has 4 rings (SSSR count). The van der Waals surface area contributed by atoms with E-state index in [2.05, 4.69) is 15.4 Å². The Morgan fingerprint density at radius 1 is 1.24 bits per heavy atom. The minimum atomic E-state index is -0.195. The van der Waals surface area contributed by atoms with E-state index in [1.807, 2.05) is 51.2 Å². The molecule has 1 N–H and O–H groups in total. The number of nitrogens with one attached hydrogen (secondary N) is 1. The molecule has 0 spiro atoms. The van der Waals surface area contributed by atoms with Crippen molar-refractivity contribution in [2.24, 2.45) is 7.05 Å². The maximum atomic E-state index is 13.2. The first-order valence-corrected chi connectivity index (χ1v) is 9.32. The van der Waals surface area contributed by atoms with Crippen LogP contribution in [-0.2, 0) is 7.05 Å². The molecule has 8 heteroatoms. The van der Waals surface area contributed by atoms with Crippen molar-refractivity contribution in [3.05, 3.63) is 59.9 Å². The first-order valence-electron chi connectivity index (χ1n) is 9.32. The van der Waals surface area contributed by atoms with Crippen molar-refractivity contribution in [1.29, 1.82) is 0 Å². The van der Waals surface area contributed by atoms with E-state index >= 15 is 0 Å². The van der Waals surface area contributed by atoms with Gasteiger partial charge in [-0.15, -0.1) is 0 Å². The van der Waals surface area contributed by atoms with E-state index in [4.69, 9.17) is 8.83 Å². The third-order valence-corrected chi connectivity index (χ3v) is 4.94. The number of likely N-dealkylation sites (N-methyl/N-ethyl adjacent to an activating group) is 1. The van der Waals surface area contributed by atoms with Crippen LogP contribution in [0.1, 0.15) is 27.9 Å². The number of amides is 1. The van der Waals surface area contributed by atoms with Gasteiger partial charge in [0, 0.05) is 13.6 Å². The molecule has 0 bridgehead atoms. The standard InChI is InChI=1S/C21H23N5O3/c1-13-19-14(21(27)22-12-16(25(2)3)18-8-6-10-29-18)11-15(17-7-5-9-28-17)23-20(19)26(4)24-13/h5-11,16H,12H2,1-4H3,(H,22,27). The number of aromatic nitrogens is 3. The zero-order valence-corrected chi connectivity index (χ0v) is 16.8. The van der Waals surface area contributed by atoms with Crippen molar-refractivity contribution in [2.75, 3.05) is 20.6 Å². The van der Waals surface area contributed by atoms with Crippen LogP contribution in [0.25, 0.3) is 22.5 Å². The summed E-state index contributed by atoms with van der Waals surface area (Å²) >= 11 is 0. The highest BCUT2D eigenvalue weighted by Crippen LogP contribution is 2.27. The molecule has 1 amide bonds. The van der Waals surface area contributed by atoms with E-state index in [9.17, 15) is 4.79 Å². The van der Waals surface area contributed by atoms with Crippen LogP contribution in [0.15, 0.2) is 51.7 Å². The van der Waals surface area contributed by atoms with Gasteiger partial charge in [0.2, 0.25) is 0 Å². The van der Waals surface area contributed by atoms with Crippen molar-refractivity contribution in [3.8, 4) is 11.5 Å². The Hall–Kier alpha value is -3.39. The third kappa shape index (κ3) is 3.54. The first-order chi connectivity index (χ1) is 14.0. The van der Waals surface area contributed by atoms with Gasteiger partial charge >= 0.3 is 0 Å². The Kier molecular flexibility index (Phi) is 4.94. The summed E-state index contributed by atoms with van der Waals surface area (Å²) in [7, 11) is 5.71. The average Bonchev–Trinajstić information content (AvgIpc) is 3.44. The molecule has 0 saturated heterocycles. The lowest BCUT2D eigenvalue weighted by molar-refractivity contribution is 0.0940. The van der Waals surface area contributed by atoms with Crippen LogP contribution in [0.2, 0.25) is 0 Å². The molecule has 8 nitrogen and oxygen atoms in total. The maximum absolute atomic E-state index is 13.2. The van der Waals surface area contributed by atoms with Gasteiger partial charge in [-0.25, -0.2) is 4.98 Å². The van der Waals surface area contributed by atoms with E-state index < -0.39 is 0 Å². The number of rotatable bonds is 6. The maximum Gasteiger partial charge on any atom is 0.252 e. The van der Waals surface area contributed by atoms with Crippen molar-refractivity contribution in [2.45, 2.75) is 13.0 Å². The molecule has 1 unspecified atom stereocenters. The molecular formula is C21H23N5O3. The summed E-state index contributed by atoms with van der Waals surface area (Å²) in [6.07, 6.45) is 3.22. The summed E-state index contributed by atoms with van der Waals surface area (Å²) in [4.78, 5) is 19.8. The van der Waals surface area contributed by atoms with E-state index in [0.717, 1.165) is 16.8 Å². The van der Waals surface area contributed by atoms with Gasteiger partial charge in [0.25, 0.3) is 5.91 Å². The second-order valence-corrected chi connectivity index (χ2v) is 7.14. The highest BCUT2D eigenvalue weighted by molar-refractivity contribution is 6.07. The van der Waals surface area contributed by atoms with Gasteiger partial charge in [0.1, 0.15) is 11.5 Å². The smallest absolute Gasteiger partial charge is 0.252 e. The number of aryl methyl sites for hydroxylation is 2. The molecule has 0 aliphatic carbocycles. The van der Waals surface area contributed by atoms with Crippen molar-refractivity contribution in [3.63, 3.8) is 0 Å². The van der Waals surface area contributed by atoms with Gasteiger partial charge in [-0.2, -0.15) is 5.10 Å². The summed E-state index contributed by atoms with van der Waals surface area (Å²) < 4.78 is 12.7. The van der Waals surface area contributed by atoms with Gasteiger partial charge < -0.3 is 14.2 Å². The predicted octanol–water partition coefficient (Wildman–Crippen LogP) is 3.16. The number of furan rings is 2. The lowest BCUT2D eigenvalue weighted by Crippen LogP contribution is -2.34. The van der Waals surface area contributed by atoms with Crippen LogP contribution in [0.5, 0.6) is 0 Å². The lowest BCUT2D eigenvalue weighted by atomic mass is 10.1. The summed E-state index contributed by atoms with van der Waals surface area (Å²) in [6.45, 7) is 2.28. The van der Waals surface area contributed by atoms with Crippen molar-refractivity contribution >= 4 is 16.9 Å². The SMILES string of the molecule is Cc1nn(C)c2nc(-c3ccco3)cc(C(=O)NCC(c3ccco3)N(C)C)c12. The minimum absolute atomic E-state index is 0.0779. The van der Waals surface area contributed by atoms with Crippen LogP contribution in [0.3, 0.4) is 0 Å². The molecule has 0 saturated carbocycles. The number of hydrogen-bond acceptors (Lipinski definition) is 6. The third-order valence-electron chi connectivity index (χ3n) is 4.94. The van der Waals surface area contributed by atoms with Crippen LogP contribution < -0.4 is 5.32 Å². The first kappa shape index (κ1) is 18.9. The van der Waals surface area contributed by atoms with Crippen LogP contribution in [-0.4, -0.2) is 46.2 Å². The monoisotopic (exact) mass is 393 g/mol. The fraction of sp³-hybridized carbons (Fsp3) is 0.286. The molecule has 4 aromatic rings. The summed E-state index contributed by atoms with van der Waals surface area (Å²) in [5.74, 6) is 1.20. The lowest BCUT2D eigenvalue weighted by Gasteiger charge is -2.22. The molecule has 29 heavy (non-hydrogen) atoms. The topological polar surface area (TPSA) is 89.3 Å². The Balaban J connectivity index is 1.69. The summed E-state index contributed by atoms with van der Waals surface area (Å²) in [6, 6.07) is 9.03. The summed E-state index contributed by atoms with van der Waals surface area (Å²) in [5.41, 5.74) is 2.49. The number of pyridine rings is 1. The Morgan fingerprint density at radius 2 is 2.00 bits per heavy atom. The van der Waals surface area contributed by atoms with Crippen LogP contribution >= 0.6 is 0 Å². The molecule has 4 heterocycles. The van der Waals surface area contributed by atoms with Gasteiger partial charge in [-0.05, 0) is 51.4 Å². The second-order valence-electron chi connectivity index (χ2n) is 7.14. The zero-order chi connectivity index (χ0) is 20.5. The van der Waals surface area contributed by atoms with Gasteiger partial charge in [0.05, 0.1) is 35.2 Å². The quantitative estimate of drug-likeness (QED) is 0.541. The highest BCUT2D eigenvalue weighted by Gasteiger charge is 2.22. The van der Waals surface area contributed by atoms with Crippen LogP contribution in [0, 0.1) is 6.92 Å². The molecular weight excluding hydrogens is 370 g/mol. The second kappa shape index (κ2) is 7.56. The van der Waals surface area contributed by atoms with E-state index in [1.54, 1.807) is 29.3 Å². The molecule has 1 atom stereocenters. The summed E-state index contributed by atoms with van der Waals surface area (Å²) in [5, 5.41) is 8.21. The largest absolute Gasteiger partial charge is 0.468 e. The van der Waals surface area contributed by atoms with Crippen molar-refractivity contribution < 1.29 is 13.6 Å². The van der Waals surface area contributed by atoms with E-state index in [0.29, 0.717) is 29.2 Å². The Labute approximate surface area is 168 Å². The fourth-order valence-corrected chi connectivity index (χ4v) is 3.48. The van der Waals surface area contributed by atoms with Gasteiger partial charge in [-0.3, -0.25) is 14.4 Å². The van der Waals surface area contributed by atoms with Gasteiger partial charge in [-0.1, -0.05) is 0 Å². The molecule has 0 aromatic carbocycles. The molecule has 0 radical (unpaired) electrons. The van der Waals surface area contributed by atoms with Crippen molar-refractivity contribution in [1.82, 2.24) is 25.0 Å². The molecule has 0 fully saturated rings. The van der Waals surface area contributed by atoms with E-state index in [-0.39, 0.29) is 11.9 Å². The number of nitrogens with zero attached hydrogens (tertiary/aromatic N) is 4. The number of carbonyl (C=O) groups excluding carboxylic acids is 1. The molecule has 4 aromatic heterocycles. The number of fused-ring (bicyclic) bond motifs is 1. The molecule has 150 valence electrons. The number of hydrogen-bond donors (Lipinski definition) is 1. The Bertz CT molecular complexity index is 1130. The minimum Gasteiger partial charge on any atom is -0.468 e. The fourth-order valence-electron chi connectivity index (χ4n) is 3.48. The van der Waals surface area contributed by atoms with E-state index in [1.165, 1.54) is 0 Å².